The molecule has 1 aliphatic heterocycles. The van der Waals surface area contributed by atoms with Crippen molar-refractivity contribution in [3.63, 3.8) is 0 Å². The number of nitrogens with one attached hydrogen (secondary N) is 1. The second-order valence-electron chi connectivity index (χ2n) is 7.44. The fourth-order valence-corrected chi connectivity index (χ4v) is 6.46. The fourth-order valence-electron chi connectivity index (χ4n) is 3.82. The Morgan fingerprint density at radius 2 is 1.97 bits per heavy atom. The molecule has 0 bridgehead atoms. The van der Waals surface area contributed by atoms with Crippen molar-refractivity contribution in [2.24, 2.45) is 5.92 Å². The Hall–Kier alpha value is -2.20. The average Bonchev–Trinajstić information content (AvgIpc) is 3.08. The number of carbonyl (C=O) groups excluding carboxylic acids is 1. The van der Waals surface area contributed by atoms with Gasteiger partial charge < -0.3 is 5.32 Å². The molecule has 4 rings (SSSR count). The van der Waals surface area contributed by atoms with E-state index in [1.165, 1.54) is 16.4 Å². The van der Waals surface area contributed by atoms with E-state index in [1.54, 1.807) is 28.8 Å². The van der Waals surface area contributed by atoms with Crippen LogP contribution in [0.1, 0.15) is 19.8 Å². The minimum atomic E-state index is -3.69. The van der Waals surface area contributed by atoms with E-state index in [0.717, 1.165) is 21.6 Å². The summed E-state index contributed by atoms with van der Waals surface area (Å²) in [7, 11) is -3.69. The number of piperidine rings is 1. The summed E-state index contributed by atoms with van der Waals surface area (Å²) in [5.74, 6) is -0.678. The molecule has 10 heteroatoms. The summed E-state index contributed by atoms with van der Waals surface area (Å²) >= 11 is 7.01. The van der Waals surface area contributed by atoms with Crippen molar-refractivity contribution in [3.8, 4) is 0 Å². The summed E-state index contributed by atoms with van der Waals surface area (Å²) in [6.45, 7) is 3.00. The minimum absolute atomic E-state index is 0.0312. The van der Waals surface area contributed by atoms with E-state index in [-0.39, 0.29) is 22.2 Å². The van der Waals surface area contributed by atoms with Gasteiger partial charge in [0.25, 0.3) is 0 Å². The summed E-state index contributed by atoms with van der Waals surface area (Å²) in [6.07, 6.45) is 1.21. The van der Waals surface area contributed by atoms with Crippen LogP contribution in [0.15, 0.2) is 52.2 Å². The lowest BCUT2D eigenvalue weighted by molar-refractivity contribution is -0.120. The number of halogens is 1. The SMILES string of the molecule is CCn1c(=O)sc2cc(NC(=O)[C@H]3CCCN(S(=O)(=O)c4ccc(Cl)cc4)C3)ccc21. The highest BCUT2D eigenvalue weighted by molar-refractivity contribution is 7.89. The number of rotatable bonds is 5. The van der Waals surface area contributed by atoms with Crippen LogP contribution in [0.3, 0.4) is 0 Å². The summed E-state index contributed by atoms with van der Waals surface area (Å²) in [5, 5.41) is 3.35. The Bertz CT molecular complexity index is 1280. The minimum Gasteiger partial charge on any atom is -0.326 e. The zero-order chi connectivity index (χ0) is 22.2. The van der Waals surface area contributed by atoms with Crippen LogP contribution in [0.2, 0.25) is 5.02 Å². The molecule has 1 aliphatic rings. The van der Waals surface area contributed by atoms with Crippen molar-refractivity contribution in [1.29, 1.82) is 0 Å². The summed E-state index contributed by atoms with van der Waals surface area (Å²) < 4.78 is 29.8. The van der Waals surface area contributed by atoms with E-state index in [1.807, 2.05) is 13.0 Å². The van der Waals surface area contributed by atoms with E-state index in [0.29, 0.717) is 36.6 Å². The third-order valence-electron chi connectivity index (χ3n) is 5.46. The highest BCUT2D eigenvalue weighted by atomic mass is 35.5. The van der Waals surface area contributed by atoms with Crippen LogP contribution >= 0.6 is 22.9 Å². The molecule has 31 heavy (non-hydrogen) atoms. The maximum Gasteiger partial charge on any atom is 0.308 e. The van der Waals surface area contributed by atoms with Crippen LogP contribution in [0.25, 0.3) is 10.2 Å². The van der Waals surface area contributed by atoms with Crippen molar-refractivity contribution in [2.75, 3.05) is 18.4 Å². The van der Waals surface area contributed by atoms with E-state index in [4.69, 9.17) is 11.6 Å². The standard InChI is InChI=1S/C21H22ClN3O4S2/c1-2-25-18-10-7-16(12-19(18)30-21(25)27)23-20(26)14-4-3-11-24(13-14)31(28,29)17-8-5-15(22)6-9-17/h5-10,12,14H,2-4,11,13H2,1H3,(H,23,26)/t14-/m0/s1. The molecule has 1 fully saturated rings. The van der Waals surface area contributed by atoms with Crippen LogP contribution in [0, 0.1) is 5.92 Å². The highest BCUT2D eigenvalue weighted by Gasteiger charge is 2.33. The molecule has 3 aromatic rings. The monoisotopic (exact) mass is 479 g/mol. The third-order valence-corrected chi connectivity index (χ3v) is 8.53. The van der Waals surface area contributed by atoms with Gasteiger partial charge in [-0.2, -0.15) is 4.31 Å². The quantitative estimate of drug-likeness (QED) is 0.603. The van der Waals surface area contributed by atoms with Gasteiger partial charge in [-0.25, -0.2) is 8.42 Å². The maximum absolute atomic E-state index is 13.0. The number of anilines is 1. The van der Waals surface area contributed by atoms with Gasteiger partial charge >= 0.3 is 4.87 Å². The Morgan fingerprint density at radius 3 is 2.68 bits per heavy atom. The largest absolute Gasteiger partial charge is 0.326 e. The molecule has 0 aliphatic carbocycles. The van der Waals surface area contributed by atoms with Crippen molar-refractivity contribution in [1.82, 2.24) is 8.87 Å². The van der Waals surface area contributed by atoms with Crippen molar-refractivity contribution >= 4 is 54.8 Å². The first kappa shape index (κ1) is 22.0. The van der Waals surface area contributed by atoms with Crippen LogP contribution in [0.5, 0.6) is 0 Å². The number of aromatic nitrogens is 1. The number of aryl methyl sites for hydroxylation is 1. The zero-order valence-electron chi connectivity index (χ0n) is 16.9. The highest BCUT2D eigenvalue weighted by Crippen LogP contribution is 2.27. The van der Waals surface area contributed by atoms with Gasteiger partial charge in [0.05, 0.1) is 21.0 Å². The predicted molar refractivity (Wildman–Crippen MR) is 123 cm³/mol. The van der Waals surface area contributed by atoms with Gasteiger partial charge in [-0.05, 0) is 62.2 Å². The number of nitrogens with zero attached hydrogens (tertiary/aromatic N) is 2. The van der Waals surface area contributed by atoms with Gasteiger partial charge in [-0.3, -0.25) is 14.2 Å². The molecule has 1 amide bonds. The number of amides is 1. The second-order valence-corrected chi connectivity index (χ2v) is 10.8. The van der Waals surface area contributed by atoms with Gasteiger partial charge in [0, 0.05) is 30.3 Å². The molecular weight excluding hydrogens is 458 g/mol. The number of fused-ring (bicyclic) bond motifs is 1. The number of hydrogen-bond acceptors (Lipinski definition) is 5. The molecule has 164 valence electrons. The summed E-state index contributed by atoms with van der Waals surface area (Å²) in [5.41, 5.74) is 1.44. The number of sulfonamides is 1. The second kappa shape index (κ2) is 8.74. The van der Waals surface area contributed by atoms with Gasteiger partial charge in [0.15, 0.2) is 0 Å². The predicted octanol–water partition coefficient (Wildman–Crippen LogP) is 3.78. The number of carbonyl (C=O) groups is 1. The third kappa shape index (κ3) is 4.41. The number of benzene rings is 2. The lowest BCUT2D eigenvalue weighted by Crippen LogP contribution is -2.43. The topological polar surface area (TPSA) is 88.5 Å². The number of hydrogen-bond donors (Lipinski definition) is 1. The molecule has 0 radical (unpaired) electrons. The van der Waals surface area contributed by atoms with Crippen molar-refractivity contribution in [3.05, 3.63) is 57.2 Å². The molecule has 0 unspecified atom stereocenters. The van der Waals surface area contributed by atoms with Crippen molar-refractivity contribution < 1.29 is 13.2 Å². The molecule has 7 nitrogen and oxygen atoms in total. The molecule has 0 spiro atoms. The van der Waals surface area contributed by atoms with Crippen LogP contribution in [0.4, 0.5) is 5.69 Å². The molecule has 1 N–H and O–H groups in total. The van der Waals surface area contributed by atoms with E-state index in [2.05, 4.69) is 5.32 Å². The van der Waals surface area contributed by atoms with Gasteiger partial charge in [0.2, 0.25) is 15.9 Å². The molecule has 1 atom stereocenters. The lowest BCUT2D eigenvalue weighted by Gasteiger charge is -2.31. The first-order valence-electron chi connectivity index (χ1n) is 9.99. The Labute approximate surface area is 189 Å². The van der Waals surface area contributed by atoms with Gasteiger partial charge in [-0.15, -0.1) is 0 Å². The molecule has 2 aromatic carbocycles. The lowest BCUT2D eigenvalue weighted by atomic mass is 9.98. The molecule has 0 saturated carbocycles. The van der Waals surface area contributed by atoms with E-state index in [9.17, 15) is 18.0 Å². The van der Waals surface area contributed by atoms with Crippen molar-refractivity contribution in [2.45, 2.75) is 31.2 Å². The first-order chi connectivity index (χ1) is 14.8. The van der Waals surface area contributed by atoms with Crippen LogP contribution in [-0.4, -0.2) is 36.3 Å². The molecule has 1 aromatic heterocycles. The Kier molecular flexibility index (Phi) is 6.20. The van der Waals surface area contributed by atoms with Gasteiger partial charge in [0.1, 0.15) is 0 Å². The van der Waals surface area contributed by atoms with E-state index >= 15 is 0 Å². The Morgan fingerprint density at radius 1 is 1.23 bits per heavy atom. The average molecular weight is 480 g/mol. The Balaban J connectivity index is 1.49. The molecule has 1 saturated heterocycles. The first-order valence-corrected chi connectivity index (χ1v) is 12.6. The fraction of sp³-hybridized carbons (Fsp3) is 0.333. The number of thiazole rings is 1. The van der Waals surface area contributed by atoms with Crippen LogP contribution in [-0.2, 0) is 21.4 Å². The normalized spacial score (nSPS) is 17.7. The molecule has 2 heterocycles. The summed E-state index contributed by atoms with van der Waals surface area (Å²) in [4.78, 5) is 25.0. The van der Waals surface area contributed by atoms with E-state index < -0.39 is 15.9 Å². The smallest absolute Gasteiger partial charge is 0.308 e. The summed E-state index contributed by atoms with van der Waals surface area (Å²) in [6, 6.07) is 11.4. The van der Waals surface area contributed by atoms with Gasteiger partial charge in [-0.1, -0.05) is 22.9 Å². The molecular formula is C21H22ClN3O4S2. The maximum atomic E-state index is 13.0. The van der Waals surface area contributed by atoms with Crippen LogP contribution < -0.4 is 10.2 Å². The zero-order valence-corrected chi connectivity index (χ0v) is 19.3.